The molecule has 0 amide bonds. The average Bonchev–Trinajstić information content (AvgIpc) is 2.63. The van der Waals surface area contributed by atoms with Gasteiger partial charge in [0.05, 0.1) is 13.2 Å². The second-order valence-corrected chi connectivity index (χ2v) is 4.92. The molecule has 108 valence electrons. The Kier molecular flexibility index (Phi) is 3.97. The number of benzene rings is 1. The van der Waals surface area contributed by atoms with Crippen LogP contribution in [0.2, 0.25) is 0 Å². The summed E-state index contributed by atoms with van der Waals surface area (Å²) in [4.78, 5) is 11.7. The number of anilines is 1. The predicted molar refractivity (Wildman–Crippen MR) is 78.3 cm³/mol. The van der Waals surface area contributed by atoms with Gasteiger partial charge in [0.2, 0.25) is 0 Å². The van der Waals surface area contributed by atoms with Crippen LogP contribution >= 0.6 is 0 Å². The highest BCUT2D eigenvalue weighted by Crippen LogP contribution is 2.20. The fourth-order valence-electron chi connectivity index (χ4n) is 2.44. The van der Waals surface area contributed by atoms with Gasteiger partial charge in [-0.15, -0.1) is 0 Å². The quantitative estimate of drug-likeness (QED) is 0.683. The Balaban J connectivity index is 2.61. The first-order chi connectivity index (χ1) is 9.49. The fraction of sp³-hybridized carbons (Fsp3) is 0.467. The predicted octanol–water partition coefficient (Wildman–Crippen LogP) is 1.71. The normalized spacial score (nSPS) is 11.0. The summed E-state index contributed by atoms with van der Waals surface area (Å²) in [5.41, 5.74) is 10.6. The number of ether oxygens (including phenoxy) is 1. The minimum Gasteiger partial charge on any atom is -0.464 e. The molecule has 0 bridgehead atoms. The van der Waals surface area contributed by atoms with E-state index >= 15 is 0 Å². The van der Waals surface area contributed by atoms with Gasteiger partial charge in [-0.3, -0.25) is 5.73 Å². The van der Waals surface area contributed by atoms with Crippen molar-refractivity contribution >= 4 is 23.0 Å². The van der Waals surface area contributed by atoms with E-state index < -0.39 is 0 Å². The number of aryl methyl sites for hydroxylation is 3. The van der Waals surface area contributed by atoms with E-state index in [0.29, 0.717) is 12.6 Å². The number of aromatic nitrogens is 2. The Bertz CT molecular complexity index is 659. The van der Waals surface area contributed by atoms with Gasteiger partial charge < -0.3 is 4.74 Å². The van der Waals surface area contributed by atoms with Crippen molar-refractivity contribution in [2.24, 2.45) is 0 Å². The third-order valence-corrected chi connectivity index (χ3v) is 3.63. The lowest BCUT2D eigenvalue weighted by Gasteiger charge is -2.02. The topological polar surface area (TPSA) is 61.1 Å². The van der Waals surface area contributed by atoms with Gasteiger partial charge in [0, 0.05) is 0 Å². The smallest absolute Gasteiger partial charge is 0.356 e. The van der Waals surface area contributed by atoms with Gasteiger partial charge in [0.15, 0.2) is 6.54 Å². The molecule has 0 aliphatic rings. The van der Waals surface area contributed by atoms with Crippen LogP contribution in [-0.2, 0) is 22.6 Å². The van der Waals surface area contributed by atoms with Gasteiger partial charge in [-0.25, -0.2) is 13.9 Å². The molecule has 0 saturated heterocycles. The molecule has 20 heavy (non-hydrogen) atoms. The highest BCUT2D eigenvalue weighted by molar-refractivity contribution is 5.77. The first-order valence-corrected chi connectivity index (χ1v) is 6.93. The molecule has 2 aromatic rings. The largest absolute Gasteiger partial charge is 0.464 e. The summed E-state index contributed by atoms with van der Waals surface area (Å²) in [6, 6.07) is 4.19. The standard InChI is InChI=1S/C15H21N3O2/c1-5-17-12-7-10(3)11(4)8-13(12)18(15(17)16)9-14(19)20-6-2/h7-8,16H,5-6,9H2,1-4H3/p+1. The Morgan fingerprint density at radius 1 is 1.30 bits per heavy atom. The Labute approximate surface area is 118 Å². The van der Waals surface area contributed by atoms with Crippen molar-refractivity contribution in [3.8, 4) is 0 Å². The molecule has 0 atom stereocenters. The maximum atomic E-state index is 11.7. The molecule has 5 nitrogen and oxygen atoms in total. The number of fused-ring (bicyclic) bond motifs is 1. The molecule has 5 heteroatoms. The van der Waals surface area contributed by atoms with E-state index in [1.54, 1.807) is 6.92 Å². The Morgan fingerprint density at radius 3 is 2.55 bits per heavy atom. The number of nitrogens with two attached hydrogens (primary N) is 1. The van der Waals surface area contributed by atoms with E-state index in [0.717, 1.165) is 17.6 Å². The van der Waals surface area contributed by atoms with Gasteiger partial charge >= 0.3 is 11.9 Å². The highest BCUT2D eigenvalue weighted by atomic mass is 16.5. The second kappa shape index (κ2) is 5.53. The van der Waals surface area contributed by atoms with Crippen molar-refractivity contribution in [3.63, 3.8) is 0 Å². The number of nitrogens with zero attached hydrogens (tertiary/aromatic N) is 2. The third kappa shape index (κ3) is 2.35. The fourth-order valence-corrected chi connectivity index (χ4v) is 2.44. The number of carbonyl (C=O) groups excluding carboxylic acids is 1. The number of hydrogen-bond acceptors (Lipinski definition) is 3. The van der Waals surface area contributed by atoms with Crippen LogP contribution in [0.1, 0.15) is 25.0 Å². The summed E-state index contributed by atoms with van der Waals surface area (Å²) in [5.74, 6) is 0.318. The van der Waals surface area contributed by atoms with Crippen LogP contribution in [0.15, 0.2) is 12.1 Å². The molecule has 1 heterocycles. The summed E-state index contributed by atoms with van der Waals surface area (Å²) in [6.07, 6.45) is 0. The van der Waals surface area contributed by atoms with E-state index in [4.69, 9.17) is 10.5 Å². The molecule has 0 radical (unpaired) electrons. The van der Waals surface area contributed by atoms with Crippen LogP contribution < -0.4 is 10.3 Å². The monoisotopic (exact) mass is 276 g/mol. The van der Waals surface area contributed by atoms with Crippen LogP contribution in [0.4, 0.5) is 5.95 Å². The molecule has 1 aromatic heterocycles. The molecular weight excluding hydrogens is 254 g/mol. The third-order valence-electron chi connectivity index (χ3n) is 3.63. The molecule has 1 aromatic carbocycles. The summed E-state index contributed by atoms with van der Waals surface area (Å²) in [7, 11) is 0. The molecule has 0 saturated carbocycles. The van der Waals surface area contributed by atoms with Crippen molar-refractivity contribution in [3.05, 3.63) is 23.3 Å². The number of nitrogen functional groups attached to an aromatic ring is 1. The summed E-state index contributed by atoms with van der Waals surface area (Å²) < 4.78 is 8.86. The van der Waals surface area contributed by atoms with Crippen molar-refractivity contribution in [1.29, 1.82) is 0 Å². The van der Waals surface area contributed by atoms with Crippen LogP contribution in [0.5, 0.6) is 0 Å². The molecule has 0 aliphatic heterocycles. The number of carbonyl (C=O) groups is 1. The van der Waals surface area contributed by atoms with Gasteiger partial charge in [-0.1, -0.05) is 0 Å². The molecular formula is C15H22N3O2+. The zero-order chi connectivity index (χ0) is 14.9. The van der Waals surface area contributed by atoms with Crippen molar-refractivity contribution in [2.75, 3.05) is 12.3 Å². The Hall–Kier alpha value is -2.04. The van der Waals surface area contributed by atoms with Crippen LogP contribution in [0.25, 0.3) is 11.0 Å². The van der Waals surface area contributed by atoms with Crippen LogP contribution in [-0.4, -0.2) is 17.1 Å². The van der Waals surface area contributed by atoms with Crippen molar-refractivity contribution < 1.29 is 14.1 Å². The SMILES string of the molecule is CCOC(=O)C[n+]1c(N)n(CC)c2cc(C)c(C)cc21. The lowest BCUT2D eigenvalue weighted by molar-refractivity contribution is -0.646. The van der Waals surface area contributed by atoms with Gasteiger partial charge in [-0.2, -0.15) is 0 Å². The lowest BCUT2D eigenvalue weighted by Crippen LogP contribution is -2.41. The lowest BCUT2D eigenvalue weighted by atomic mass is 10.1. The molecule has 0 unspecified atom stereocenters. The summed E-state index contributed by atoms with van der Waals surface area (Å²) in [6.45, 7) is 9.27. The zero-order valence-corrected chi connectivity index (χ0v) is 12.6. The van der Waals surface area contributed by atoms with E-state index in [2.05, 4.69) is 26.0 Å². The van der Waals surface area contributed by atoms with E-state index in [1.165, 1.54) is 11.1 Å². The minimum absolute atomic E-state index is 0.145. The minimum atomic E-state index is -0.266. The summed E-state index contributed by atoms with van der Waals surface area (Å²) >= 11 is 0. The molecule has 2 N–H and O–H groups in total. The van der Waals surface area contributed by atoms with E-state index in [-0.39, 0.29) is 12.5 Å². The number of rotatable bonds is 4. The van der Waals surface area contributed by atoms with Crippen LogP contribution in [0, 0.1) is 13.8 Å². The van der Waals surface area contributed by atoms with Crippen LogP contribution in [0.3, 0.4) is 0 Å². The van der Waals surface area contributed by atoms with Gasteiger partial charge in [-0.05, 0) is 51.0 Å². The molecule has 0 aliphatic carbocycles. The van der Waals surface area contributed by atoms with E-state index in [1.807, 2.05) is 16.1 Å². The highest BCUT2D eigenvalue weighted by Gasteiger charge is 2.23. The zero-order valence-electron chi connectivity index (χ0n) is 12.6. The van der Waals surface area contributed by atoms with E-state index in [9.17, 15) is 4.79 Å². The second-order valence-electron chi connectivity index (χ2n) is 4.92. The first-order valence-electron chi connectivity index (χ1n) is 6.93. The maximum absolute atomic E-state index is 11.7. The van der Waals surface area contributed by atoms with Gasteiger partial charge in [0.25, 0.3) is 0 Å². The number of imidazole rings is 1. The Morgan fingerprint density at radius 2 is 1.95 bits per heavy atom. The molecule has 2 rings (SSSR count). The first kappa shape index (κ1) is 14.4. The average molecular weight is 276 g/mol. The maximum Gasteiger partial charge on any atom is 0.356 e. The van der Waals surface area contributed by atoms with Crippen molar-refractivity contribution in [2.45, 2.75) is 40.8 Å². The number of esters is 1. The van der Waals surface area contributed by atoms with Crippen molar-refractivity contribution in [1.82, 2.24) is 4.57 Å². The molecule has 0 fully saturated rings. The molecule has 0 spiro atoms. The summed E-state index contributed by atoms with van der Waals surface area (Å²) in [5, 5.41) is 0. The van der Waals surface area contributed by atoms with Gasteiger partial charge in [0.1, 0.15) is 11.0 Å². The number of hydrogen-bond donors (Lipinski definition) is 1.